The van der Waals surface area contributed by atoms with Gasteiger partial charge in [0.2, 0.25) is 11.8 Å². The number of carbonyl (C=O) groups excluding carboxylic acids is 2. The number of nitrogens with two attached hydrogens (primary N) is 2. The topological polar surface area (TPSA) is 410 Å². The van der Waals surface area contributed by atoms with E-state index in [4.69, 9.17) is 30.4 Å². The molecule has 3 heterocycles. The molecule has 1 aromatic carbocycles. The van der Waals surface area contributed by atoms with Crippen molar-refractivity contribution in [3.63, 3.8) is 0 Å². The number of nitrogen functional groups attached to an aromatic ring is 2. The number of anilines is 2. The zero-order valence-corrected chi connectivity index (χ0v) is 34.0. The lowest BCUT2D eigenvalue weighted by molar-refractivity contribution is -0.137. The van der Waals surface area contributed by atoms with Crippen LogP contribution in [0.4, 0.5) is 11.5 Å². The number of ether oxygens (including phenoxy) is 1. The van der Waals surface area contributed by atoms with Crippen molar-refractivity contribution in [1.29, 1.82) is 0 Å². The molecule has 0 aliphatic carbocycles. The molecule has 0 spiro atoms. The Morgan fingerprint density at radius 1 is 1.02 bits per heavy atom. The lowest BCUT2D eigenvalue weighted by atomic mass is 9.87. The number of hydrogen-bond donors (Lipinski definition) is 12. The maximum atomic E-state index is 12.6. The Labute approximate surface area is 334 Å². The number of carboxylic acid groups (broad SMARTS) is 1. The number of aromatic nitrogens is 4. The number of imidazole rings is 1. The Kier molecular flexibility index (Phi) is 17.3. The maximum absolute atomic E-state index is 12.6. The minimum Gasteiger partial charge on any atom is -0.478 e. The molecule has 2 unspecified atom stereocenters. The van der Waals surface area contributed by atoms with Crippen LogP contribution in [0.2, 0.25) is 0 Å². The van der Waals surface area contributed by atoms with E-state index in [0.717, 1.165) is 17.2 Å². The lowest BCUT2D eigenvalue weighted by Crippen LogP contribution is -2.46. The molecule has 58 heavy (non-hydrogen) atoms. The van der Waals surface area contributed by atoms with Crippen LogP contribution in [0.5, 0.6) is 0 Å². The second-order valence-corrected chi connectivity index (χ2v) is 17.4. The van der Waals surface area contributed by atoms with Gasteiger partial charge in [0.1, 0.15) is 36.3 Å². The fraction of sp³-hybridized carbons (Fsp3) is 0.500. The minimum absolute atomic E-state index is 0.0363. The Balaban J connectivity index is 0.000000781. The number of para-hydroxylation sites is 1. The number of carboxylic acids is 1. The number of hydrogen-bond acceptors (Lipinski definition) is 19. The average molecular weight is 905 g/mol. The largest absolute Gasteiger partial charge is 0.481 e. The van der Waals surface area contributed by atoms with Crippen LogP contribution in [0.1, 0.15) is 36.9 Å². The van der Waals surface area contributed by atoms with Crippen molar-refractivity contribution in [2.24, 2.45) is 5.41 Å². The molecule has 4 rings (SSSR count). The van der Waals surface area contributed by atoms with Crippen molar-refractivity contribution in [1.82, 2.24) is 30.2 Å². The first kappa shape index (κ1) is 48.7. The van der Waals surface area contributed by atoms with Crippen LogP contribution in [0.25, 0.3) is 11.2 Å². The van der Waals surface area contributed by atoms with Crippen LogP contribution in [0.3, 0.4) is 0 Å². The fourth-order valence-corrected chi connectivity index (χ4v) is 7.77. The summed E-state index contributed by atoms with van der Waals surface area (Å²) in [6, 6.07) is 6.36. The predicted molar refractivity (Wildman–Crippen MR) is 201 cm³/mol. The number of aliphatic hydroxyl groups is 2. The molecule has 26 nitrogen and oxygen atoms in total. The smallest absolute Gasteiger partial charge is 0.478 e. The summed E-state index contributed by atoms with van der Waals surface area (Å²) in [6.45, 7) is 0.723. The van der Waals surface area contributed by atoms with Gasteiger partial charge in [-0.3, -0.25) is 27.7 Å². The number of nitrogens with zero attached hydrogens (tertiary/aromatic N) is 4. The van der Waals surface area contributed by atoms with E-state index in [2.05, 4.69) is 47.0 Å². The molecular weight excluding hydrogens is 861 g/mol. The third kappa shape index (κ3) is 14.3. The van der Waals surface area contributed by atoms with Gasteiger partial charge in [-0.25, -0.2) is 33.4 Å². The molecule has 1 aliphatic rings. The van der Waals surface area contributed by atoms with Crippen LogP contribution < -0.4 is 22.1 Å². The van der Waals surface area contributed by atoms with E-state index in [1.54, 1.807) is 18.2 Å². The quantitative estimate of drug-likeness (QED) is 0.0402. The number of amides is 2. The number of rotatable bonds is 19. The minimum atomic E-state index is -5.54. The van der Waals surface area contributed by atoms with Gasteiger partial charge in [-0.1, -0.05) is 26.0 Å². The van der Waals surface area contributed by atoms with Gasteiger partial charge in [-0.2, -0.15) is 16.9 Å². The van der Waals surface area contributed by atoms with E-state index in [1.807, 2.05) is 0 Å². The van der Waals surface area contributed by atoms with Gasteiger partial charge >= 0.3 is 29.4 Å². The SMILES string of the molecule is CC(C)(COP(=O)(O)OP(=O)(O)OC[C@H]1O[C@@H](n2cnc3c(N)ncnc32)[C@H](O)[C@@H]1OP(=O)(O)O)[C@@H](O)C(=O)NCCC(=O)NCCS.Nc1ccccc1C(=O)O. The van der Waals surface area contributed by atoms with Crippen molar-refractivity contribution >= 4 is 76.5 Å². The molecule has 0 radical (unpaired) electrons. The Bertz CT molecular complexity index is 2060. The number of phosphoric acid groups is 3. The van der Waals surface area contributed by atoms with E-state index < -0.39 is 84.6 Å². The molecule has 2 amide bonds. The second-order valence-electron chi connectivity index (χ2n) is 12.7. The van der Waals surface area contributed by atoms with Crippen molar-refractivity contribution in [3.8, 4) is 0 Å². The highest BCUT2D eigenvalue weighted by Crippen LogP contribution is 2.61. The summed E-state index contributed by atoms with van der Waals surface area (Å²) in [5, 5.41) is 34.6. The molecule has 0 saturated carbocycles. The number of benzene rings is 1. The van der Waals surface area contributed by atoms with Gasteiger partial charge in [-0.15, -0.1) is 0 Å². The van der Waals surface area contributed by atoms with Crippen molar-refractivity contribution in [2.45, 2.75) is 50.9 Å². The number of fused-ring (bicyclic) bond motifs is 1. The molecule has 30 heteroatoms. The molecule has 7 atom stereocenters. The molecule has 13 N–H and O–H groups in total. The second kappa shape index (κ2) is 20.6. The summed E-state index contributed by atoms with van der Waals surface area (Å²) < 4.78 is 61.7. The highest BCUT2D eigenvalue weighted by Gasteiger charge is 2.50. The fourth-order valence-electron chi connectivity index (χ4n) is 4.83. The molecule has 0 bridgehead atoms. The molecule has 1 fully saturated rings. The summed E-state index contributed by atoms with van der Waals surface area (Å²) in [6.07, 6.45) is -6.74. The van der Waals surface area contributed by atoms with Crippen LogP contribution in [0, 0.1) is 5.41 Å². The average Bonchev–Trinajstić information content (AvgIpc) is 3.69. The number of phosphoric ester groups is 3. The van der Waals surface area contributed by atoms with Gasteiger partial charge < -0.3 is 61.7 Å². The predicted octanol–water partition coefficient (Wildman–Crippen LogP) is -0.698. The van der Waals surface area contributed by atoms with E-state index in [1.165, 1.54) is 19.9 Å². The van der Waals surface area contributed by atoms with E-state index >= 15 is 0 Å². The highest BCUT2D eigenvalue weighted by atomic mass is 32.1. The summed E-state index contributed by atoms with van der Waals surface area (Å²) in [5.74, 6) is -1.93. The number of aliphatic hydroxyl groups excluding tert-OH is 2. The zero-order chi connectivity index (χ0) is 43.6. The molecule has 2 aromatic heterocycles. The third-order valence-electron chi connectivity index (χ3n) is 7.70. The van der Waals surface area contributed by atoms with Crippen LogP contribution in [-0.2, 0) is 45.9 Å². The number of nitrogens with one attached hydrogen (secondary N) is 2. The first-order valence-corrected chi connectivity index (χ1v) is 21.6. The molecule has 324 valence electrons. The summed E-state index contributed by atoms with van der Waals surface area (Å²) in [7, 11) is -16.3. The van der Waals surface area contributed by atoms with Crippen molar-refractivity contribution in [2.75, 3.05) is 43.5 Å². The Hall–Kier alpha value is -3.62. The van der Waals surface area contributed by atoms with Crippen molar-refractivity contribution < 1.29 is 85.6 Å². The first-order valence-electron chi connectivity index (χ1n) is 16.5. The van der Waals surface area contributed by atoms with Crippen LogP contribution >= 0.6 is 36.1 Å². The van der Waals surface area contributed by atoms with Gasteiger partial charge in [0.05, 0.1) is 25.1 Å². The summed E-state index contributed by atoms with van der Waals surface area (Å²) in [4.78, 5) is 85.0. The van der Waals surface area contributed by atoms with Crippen LogP contribution in [0.15, 0.2) is 36.9 Å². The van der Waals surface area contributed by atoms with Gasteiger partial charge in [-0.05, 0) is 12.1 Å². The van der Waals surface area contributed by atoms with Gasteiger partial charge in [0.25, 0.3) is 0 Å². The Morgan fingerprint density at radius 2 is 1.67 bits per heavy atom. The number of carbonyl (C=O) groups is 3. The molecule has 1 aliphatic heterocycles. The monoisotopic (exact) mass is 904 g/mol. The van der Waals surface area contributed by atoms with Gasteiger partial charge in [0, 0.05) is 36.4 Å². The molecule has 3 aromatic rings. The Morgan fingerprint density at radius 3 is 2.28 bits per heavy atom. The lowest BCUT2D eigenvalue weighted by Gasteiger charge is -2.30. The summed E-state index contributed by atoms with van der Waals surface area (Å²) >= 11 is 3.95. The van der Waals surface area contributed by atoms with Gasteiger partial charge in [0.15, 0.2) is 17.7 Å². The van der Waals surface area contributed by atoms with E-state index in [0.29, 0.717) is 18.0 Å². The molecule has 1 saturated heterocycles. The first-order chi connectivity index (χ1) is 26.9. The zero-order valence-electron chi connectivity index (χ0n) is 30.4. The number of aromatic carboxylic acids is 1. The normalized spacial score (nSPS) is 20.9. The van der Waals surface area contributed by atoms with E-state index in [9.17, 15) is 57.9 Å². The van der Waals surface area contributed by atoms with Crippen molar-refractivity contribution in [3.05, 3.63) is 42.5 Å². The van der Waals surface area contributed by atoms with Crippen LogP contribution in [-0.4, -0.2) is 129 Å². The third-order valence-corrected chi connectivity index (χ3v) is 11.0. The standard InChI is InChI=1S/C21H36N7O16P3S.C7H7NO2/c1-21(2,16(31)19(32)24-4-3-12(29)23-5-6-48)8-41-47(38,39)44-46(36,37)40-7-11-15(43-45(33,34)35)14(30)20(42-11)28-10-27-13-17(22)25-9-26-18(13)28;8-6-4-2-1-3-5(6)7(9)10/h9-11,14-16,20,30-31,48H,3-8H2,1-2H3,(H,23,29)(H,24,32)(H,36,37)(H,38,39)(H2,22,25,26)(H2,33,34,35);1-4H,8H2,(H,9,10)/t11-,14-,15-,16+,20-;/m1./s1. The highest BCUT2D eigenvalue weighted by molar-refractivity contribution is 7.80. The van der Waals surface area contributed by atoms with E-state index in [-0.39, 0.29) is 41.4 Å². The maximum Gasteiger partial charge on any atom is 0.481 e. The summed E-state index contributed by atoms with van der Waals surface area (Å²) in [5.41, 5.74) is 10.1. The molecular formula is C28H43N8O18P3S. The number of thiol groups is 1.